The van der Waals surface area contributed by atoms with Crippen LogP contribution in [-0.4, -0.2) is 12.6 Å². The zero-order valence-electron chi connectivity index (χ0n) is 13.0. The van der Waals surface area contributed by atoms with Gasteiger partial charge >= 0.3 is 0 Å². The van der Waals surface area contributed by atoms with Crippen molar-refractivity contribution >= 4 is 0 Å². The van der Waals surface area contributed by atoms with E-state index in [0.29, 0.717) is 6.54 Å². The molecule has 2 nitrogen and oxygen atoms in total. The van der Waals surface area contributed by atoms with Crippen LogP contribution in [0, 0.1) is 0 Å². The minimum absolute atomic E-state index is 0. The van der Waals surface area contributed by atoms with Crippen LogP contribution < -0.4 is 10.5 Å². The first-order valence-electron chi connectivity index (χ1n) is 7.22. The minimum atomic E-state index is 0. The number of benzene rings is 1. The highest BCUT2D eigenvalue weighted by molar-refractivity contribution is 5.28. The molecule has 0 saturated carbocycles. The fourth-order valence-corrected chi connectivity index (χ4v) is 1.34. The normalized spacial score (nSPS) is 10.4. The Morgan fingerprint density at radius 1 is 1.22 bits per heavy atom. The molecule has 0 bridgehead atoms. The Labute approximate surface area is 115 Å². The maximum Gasteiger partial charge on any atom is 0.120 e. The summed E-state index contributed by atoms with van der Waals surface area (Å²) in [4.78, 5) is 0. The second-order valence-electron chi connectivity index (χ2n) is 3.56. The quantitative estimate of drug-likeness (QED) is 0.830. The molecule has 1 atom stereocenters. The van der Waals surface area contributed by atoms with Crippen LogP contribution in [-0.2, 0) is 6.42 Å². The summed E-state index contributed by atoms with van der Waals surface area (Å²) in [7, 11) is 0. The van der Waals surface area contributed by atoms with Crippen molar-refractivity contribution < 1.29 is 6.16 Å². The first kappa shape index (κ1) is 19.3. The number of nitrogens with two attached hydrogens (primary N) is 1. The van der Waals surface area contributed by atoms with E-state index in [1.54, 1.807) is 0 Å². The van der Waals surface area contributed by atoms with Gasteiger partial charge in [0.15, 0.2) is 0 Å². The van der Waals surface area contributed by atoms with Crippen LogP contribution in [0.15, 0.2) is 24.3 Å². The molecule has 0 fully saturated rings. The topological polar surface area (TPSA) is 35.2 Å². The second-order valence-corrected chi connectivity index (χ2v) is 3.56. The van der Waals surface area contributed by atoms with Crippen LogP contribution in [0.3, 0.4) is 0 Å². The Morgan fingerprint density at radius 3 is 2.33 bits per heavy atom. The largest absolute Gasteiger partial charge is 0.489 e. The molecular formula is C16H33NO. The Kier molecular flexibility index (Phi) is 15.1. The van der Waals surface area contributed by atoms with Crippen molar-refractivity contribution in [3.8, 4) is 5.75 Å². The van der Waals surface area contributed by atoms with Gasteiger partial charge in [-0.15, -0.1) is 0 Å². The van der Waals surface area contributed by atoms with Crippen LogP contribution in [0.2, 0.25) is 0 Å². The summed E-state index contributed by atoms with van der Waals surface area (Å²) in [6.07, 6.45) is 2.36. The lowest BCUT2D eigenvalue weighted by Gasteiger charge is -2.13. The zero-order chi connectivity index (χ0) is 14.4. The number of ether oxygens (including phenoxy) is 1. The maximum absolute atomic E-state index is 5.63. The lowest BCUT2D eigenvalue weighted by Crippen LogP contribution is -2.22. The third-order valence-electron chi connectivity index (χ3n) is 2.11. The van der Waals surface area contributed by atoms with Crippen molar-refractivity contribution in [3.63, 3.8) is 0 Å². The first-order chi connectivity index (χ1) is 8.76. The van der Waals surface area contributed by atoms with E-state index in [0.717, 1.165) is 18.6 Å². The van der Waals surface area contributed by atoms with Crippen molar-refractivity contribution in [2.45, 2.75) is 60.5 Å². The Morgan fingerprint density at radius 2 is 1.83 bits per heavy atom. The molecule has 18 heavy (non-hydrogen) atoms. The molecule has 0 aliphatic carbocycles. The molecule has 0 amide bonds. The smallest absolute Gasteiger partial charge is 0.120 e. The SMILES string of the molecule is CC.CC.CCCc1cccc(O[C@@H](C)CN)c1.[HH]. The molecule has 1 aromatic rings. The van der Waals surface area contributed by atoms with Crippen molar-refractivity contribution in [1.82, 2.24) is 0 Å². The molecule has 0 aliphatic heterocycles. The zero-order valence-corrected chi connectivity index (χ0v) is 13.0. The number of hydrogen-bond acceptors (Lipinski definition) is 2. The molecule has 108 valence electrons. The van der Waals surface area contributed by atoms with Gasteiger partial charge in [-0.1, -0.05) is 53.2 Å². The van der Waals surface area contributed by atoms with Gasteiger partial charge in [0.05, 0.1) is 0 Å². The molecular weight excluding hydrogens is 222 g/mol. The molecule has 2 N–H and O–H groups in total. The van der Waals surface area contributed by atoms with Crippen LogP contribution in [0.1, 0.15) is 55.0 Å². The average Bonchev–Trinajstić information content (AvgIpc) is 2.44. The molecule has 2 heteroatoms. The van der Waals surface area contributed by atoms with Gasteiger partial charge in [0, 0.05) is 7.97 Å². The Balaban J connectivity index is -0.000000467. The Bertz CT molecular complexity index is 279. The van der Waals surface area contributed by atoms with Crippen molar-refractivity contribution in [2.75, 3.05) is 6.54 Å². The lowest BCUT2D eigenvalue weighted by atomic mass is 10.1. The van der Waals surface area contributed by atoms with E-state index in [9.17, 15) is 0 Å². The molecule has 0 aromatic heterocycles. The van der Waals surface area contributed by atoms with Gasteiger partial charge in [-0.2, -0.15) is 0 Å². The molecule has 0 radical (unpaired) electrons. The molecule has 1 rings (SSSR count). The lowest BCUT2D eigenvalue weighted by molar-refractivity contribution is 0.229. The number of aryl methyl sites for hydroxylation is 1. The van der Waals surface area contributed by atoms with Crippen molar-refractivity contribution in [2.24, 2.45) is 5.73 Å². The highest BCUT2D eigenvalue weighted by Crippen LogP contribution is 2.15. The van der Waals surface area contributed by atoms with E-state index < -0.39 is 0 Å². The molecule has 0 saturated heterocycles. The molecule has 0 heterocycles. The van der Waals surface area contributed by atoms with Gasteiger partial charge in [0.2, 0.25) is 0 Å². The van der Waals surface area contributed by atoms with E-state index in [4.69, 9.17) is 10.5 Å². The van der Waals surface area contributed by atoms with Crippen LogP contribution >= 0.6 is 0 Å². The van der Waals surface area contributed by atoms with E-state index in [1.807, 2.05) is 46.8 Å². The van der Waals surface area contributed by atoms with E-state index in [1.165, 1.54) is 5.56 Å². The van der Waals surface area contributed by atoms with Crippen LogP contribution in [0.5, 0.6) is 5.75 Å². The van der Waals surface area contributed by atoms with Gasteiger partial charge in [0.25, 0.3) is 0 Å². The second kappa shape index (κ2) is 14.0. The average molecular weight is 255 g/mol. The third kappa shape index (κ3) is 9.06. The molecule has 1 aromatic carbocycles. The van der Waals surface area contributed by atoms with E-state index in [2.05, 4.69) is 19.1 Å². The van der Waals surface area contributed by atoms with E-state index in [-0.39, 0.29) is 7.53 Å². The number of rotatable bonds is 5. The fourth-order valence-electron chi connectivity index (χ4n) is 1.34. The molecule has 0 spiro atoms. The van der Waals surface area contributed by atoms with Gasteiger partial charge < -0.3 is 10.5 Å². The highest BCUT2D eigenvalue weighted by Gasteiger charge is 2.01. The summed E-state index contributed by atoms with van der Waals surface area (Å²) in [5.74, 6) is 0.925. The summed E-state index contributed by atoms with van der Waals surface area (Å²) < 4.78 is 5.63. The van der Waals surface area contributed by atoms with Gasteiger partial charge in [0.1, 0.15) is 11.9 Å². The third-order valence-corrected chi connectivity index (χ3v) is 2.11. The van der Waals surface area contributed by atoms with Crippen molar-refractivity contribution in [3.05, 3.63) is 29.8 Å². The van der Waals surface area contributed by atoms with Crippen LogP contribution in [0.4, 0.5) is 0 Å². The fraction of sp³-hybridized carbons (Fsp3) is 0.625. The van der Waals surface area contributed by atoms with Gasteiger partial charge in [-0.3, -0.25) is 0 Å². The maximum atomic E-state index is 5.63. The van der Waals surface area contributed by atoms with E-state index >= 15 is 0 Å². The first-order valence-corrected chi connectivity index (χ1v) is 7.22. The van der Waals surface area contributed by atoms with Crippen molar-refractivity contribution in [1.29, 1.82) is 0 Å². The monoisotopic (exact) mass is 255 g/mol. The summed E-state index contributed by atoms with van der Waals surface area (Å²) >= 11 is 0. The van der Waals surface area contributed by atoms with Crippen LogP contribution in [0.25, 0.3) is 0 Å². The summed E-state index contributed by atoms with van der Waals surface area (Å²) in [6, 6.07) is 8.23. The van der Waals surface area contributed by atoms with Gasteiger partial charge in [-0.25, -0.2) is 0 Å². The summed E-state index contributed by atoms with van der Waals surface area (Å²) in [5.41, 5.74) is 6.82. The molecule has 0 aliphatic rings. The predicted molar refractivity (Wildman–Crippen MR) is 84.4 cm³/mol. The molecule has 0 unspecified atom stereocenters. The number of hydrogen-bond donors (Lipinski definition) is 1. The van der Waals surface area contributed by atoms with Gasteiger partial charge in [-0.05, 0) is 31.0 Å². The minimum Gasteiger partial charge on any atom is -0.489 e. The predicted octanol–water partition coefficient (Wildman–Crippen LogP) is 4.66. The summed E-state index contributed by atoms with van der Waals surface area (Å²) in [6.45, 7) is 12.7. The standard InChI is InChI=1S/C12H19NO.2C2H6.H2/c1-3-5-11-6-4-7-12(8-11)14-10(2)9-13;2*1-2;/h4,6-8,10H,3,5,9,13H2,1-2H3;2*1-2H3;1H/t10-;;;/m0.../s1. The highest BCUT2D eigenvalue weighted by atomic mass is 16.5. The summed E-state index contributed by atoms with van der Waals surface area (Å²) in [5, 5.41) is 0. The Hall–Kier alpha value is -1.02.